The molecule has 1 aliphatic heterocycles. The van der Waals surface area contributed by atoms with Crippen molar-refractivity contribution in [2.24, 2.45) is 16.2 Å². The van der Waals surface area contributed by atoms with Gasteiger partial charge in [0, 0.05) is 0 Å². The molecule has 0 aliphatic carbocycles. The molecule has 4 nitrogen and oxygen atoms in total. The summed E-state index contributed by atoms with van der Waals surface area (Å²) in [5, 5.41) is 0. The SMILES string of the molecule is CC(C)(C)CC(C)(C(=O)OC1(C)CC(=O)OC1(C)C)C(C)(C)C. The van der Waals surface area contributed by atoms with Crippen LogP contribution in [0.3, 0.4) is 0 Å². The largest absolute Gasteiger partial charge is 0.455 e. The van der Waals surface area contributed by atoms with Crippen LogP contribution in [0.5, 0.6) is 0 Å². The molecule has 0 aromatic heterocycles. The van der Waals surface area contributed by atoms with Gasteiger partial charge in [-0.05, 0) is 44.9 Å². The molecule has 0 aromatic carbocycles. The van der Waals surface area contributed by atoms with E-state index in [1.165, 1.54) is 0 Å². The maximum Gasteiger partial charge on any atom is 0.313 e. The van der Waals surface area contributed by atoms with Crippen molar-refractivity contribution in [1.29, 1.82) is 0 Å². The summed E-state index contributed by atoms with van der Waals surface area (Å²) in [6, 6.07) is 0. The smallest absolute Gasteiger partial charge is 0.313 e. The molecule has 1 heterocycles. The molecule has 2 unspecified atom stereocenters. The van der Waals surface area contributed by atoms with Gasteiger partial charge >= 0.3 is 11.9 Å². The van der Waals surface area contributed by atoms with E-state index in [0.29, 0.717) is 6.42 Å². The van der Waals surface area contributed by atoms with Crippen LogP contribution in [-0.4, -0.2) is 23.1 Å². The Kier molecular flexibility index (Phi) is 4.77. The second-order valence-corrected chi connectivity index (χ2v) is 10.1. The van der Waals surface area contributed by atoms with Crippen LogP contribution in [-0.2, 0) is 19.1 Å². The molecule has 134 valence electrons. The number of hydrogen-bond donors (Lipinski definition) is 0. The molecular weight excluding hydrogens is 292 g/mol. The van der Waals surface area contributed by atoms with Crippen LogP contribution in [0.1, 0.15) is 82.1 Å². The van der Waals surface area contributed by atoms with Gasteiger partial charge in [0.15, 0.2) is 5.60 Å². The van der Waals surface area contributed by atoms with Crippen LogP contribution in [0.4, 0.5) is 0 Å². The van der Waals surface area contributed by atoms with Gasteiger partial charge in [0.2, 0.25) is 0 Å². The van der Waals surface area contributed by atoms with Gasteiger partial charge in [0.25, 0.3) is 0 Å². The number of hydrogen-bond acceptors (Lipinski definition) is 4. The minimum Gasteiger partial charge on any atom is -0.455 e. The standard InChI is InChI=1S/C19H34O4/c1-15(2,3)12-18(9,16(4,5)6)14(21)23-19(10)11-13(20)22-17(19,7)8/h11-12H2,1-10H3. The van der Waals surface area contributed by atoms with E-state index in [4.69, 9.17) is 9.47 Å². The highest BCUT2D eigenvalue weighted by Crippen LogP contribution is 2.49. The van der Waals surface area contributed by atoms with E-state index < -0.39 is 16.6 Å². The Morgan fingerprint density at radius 1 is 1.09 bits per heavy atom. The molecule has 0 saturated carbocycles. The van der Waals surface area contributed by atoms with Crippen molar-refractivity contribution in [2.75, 3.05) is 0 Å². The summed E-state index contributed by atoms with van der Waals surface area (Å²) < 4.78 is 11.3. The fourth-order valence-corrected chi connectivity index (χ4v) is 3.10. The maximum atomic E-state index is 13.2. The Bertz CT molecular complexity index is 492. The first-order valence-corrected chi connectivity index (χ1v) is 8.39. The molecule has 2 atom stereocenters. The highest BCUT2D eigenvalue weighted by molar-refractivity contribution is 5.80. The molecule has 0 bridgehead atoms. The van der Waals surface area contributed by atoms with E-state index in [2.05, 4.69) is 41.5 Å². The van der Waals surface area contributed by atoms with Gasteiger partial charge in [-0.25, -0.2) is 0 Å². The summed E-state index contributed by atoms with van der Waals surface area (Å²) in [6.07, 6.45) is 0.801. The first kappa shape index (κ1) is 20.0. The molecule has 23 heavy (non-hydrogen) atoms. The third kappa shape index (κ3) is 3.89. The molecule has 0 amide bonds. The quantitative estimate of drug-likeness (QED) is 0.716. The molecular formula is C19H34O4. The van der Waals surface area contributed by atoms with E-state index in [-0.39, 0.29) is 29.2 Å². The van der Waals surface area contributed by atoms with Crippen molar-refractivity contribution in [3.63, 3.8) is 0 Å². The molecule has 0 spiro atoms. The second kappa shape index (κ2) is 5.49. The molecule has 4 heteroatoms. The van der Waals surface area contributed by atoms with E-state index in [0.717, 1.165) is 0 Å². The Morgan fingerprint density at radius 2 is 1.57 bits per heavy atom. The Labute approximate surface area is 141 Å². The van der Waals surface area contributed by atoms with E-state index in [9.17, 15) is 9.59 Å². The van der Waals surface area contributed by atoms with Gasteiger partial charge in [-0.15, -0.1) is 0 Å². The predicted molar refractivity (Wildman–Crippen MR) is 90.9 cm³/mol. The number of cyclic esters (lactones) is 1. The average Bonchev–Trinajstić information content (AvgIpc) is 2.42. The summed E-state index contributed by atoms with van der Waals surface area (Å²) in [5.74, 6) is -0.576. The van der Waals surface area contributed by atoms with Gasteiger partial charge < -0.3 is 9.47 Å². The van der Waals surface area contributed by atoms with Crippen molar-refractivity contribution in [2.45, 2.75) is 93.3 Å². The van der Waals surface area contributed by atoms with Gasteiger partial charge in [-0.1, -0.05) is 41.5 Å². The lowest BCUT2D eigenvalue weighted by Crippen LogP contribution is -2.52. The van der Waals surface area contributed by atoms with Gasteiger partial charge in [0.05, 0.1) is 11.8 Å². The van der Waals surface area contributed by atoms with Crippen LogP contribution in [0.2, 0.25) is 0 Å². The maximum absolute atomic E-state index is 13.2. The monoisotopic (exact) mass is 326 g/mol. The Balaban J connectivity index is 3.16. The summed E-state index contributed by atoms with van der Waals surface area (Å²) in [4.78, 5) is 24.9. The van der Waals surface area contributed by atoms with E-state index in [1.807, 2.05) is 6.92 Å². The number of esters is 2. The summed E-state index contributed by atoms with van der Waals surface area (Å²) in [5.41, 5.74) is -2.69. The van der Waals surface area contributed by atoms with Gasteiger partial charge in [-0.3, -0.25) is 9.59 Å². The molecule has 1 saturated heterocycles. The molecule has 1 aliphatic rings. The van der Waals surface area contributed by atoms with Crippen LogP contribution in [0.15, 0.2) is 0 Å². The van der Waals surface area contributed by atoms with Crippen LogP contribution < -0.4 is 0 Å². The first-order chi connectivity index (χ1) is 9.94. The second-order valence-electron chi connectivity index (χ2n) is 10.1. The topological polar surface area (TPSA) is 52.6 Å². The predicted octanol–water partition coefficient (Wildman–Crippen LogP) is 4.50. The first-order valence-electron chi connectivity index (χ1n) is 8.39. The van der Waals surface area contributed by atoms with E-state index in [1.54, 1.807) is 20.8 Å². The van der Waals surface area contributed by atoms with E-state index >= 15 is 0 Å². The highest BCUT2D eigenvalue weighted by Gasteiger charge is 2.58. The van der Waals surface area contributed by atoms with Crippen LogP contribution in [0.25, 0.3) is 0 Å². The lowest BCUT2D eigenvalue weighted by atomic mass is 9.61. The molecule has 0 N–H and O–H groups in total. The van der Waals surface area contributed by atoms with Crippen molar-refractivity contribution >= 4 is 11.9 Å². The van der Waals surface area contributed by atoms with Crippen LogP contribution >= 0.6 is 0 Å². The Morgan fingerprint density at radius 3 is 1.87 bits per heavy atom. The summed E-state index contributed by atoms with van der Waals surface area (Å²) in [6.45, 7) is 19.9. The lowest BCUT2D eigenvalue weighted by molar-refractivity contribution is -0.193. The minimum absolute atomic E-state index is 0.0144. The number of ether oxygens (including phenoxy) is 2. The van der Waals surface area contributed by atoms with Gasteiger partial charge in [0.1, 0.15) is 5.60 Å². The van der Waals surface area contributed by atoms with Crippen LogP contribution in [0, 0.1) is 16.2 Å². The zero-order valence-corrected chi connectivity index (χ0v) is 16.5. The van der Waals surface area contributed by atoms with Crippen molar-refractivity contribution in [3.05, 3.63) is 0 Å². The molecule has 0 radical (unpaired) electrons. The normalized spacial score (nSPS) is 27.3. The number of rotatable bonds is 3. The lowest BCUT2D eigenvalue weighted by Gasteiger charge is -2.46. The molecule has 1 fully saturated rings. The third-order valence-corrected chi connectivity index (χ3v) is 5.43. The van der Waals surface area contributed by atoms with Crippen molar-refractivity contribution < 1.29 is 19.1 Å². The third-order valence-electron chi connectivity index (χ3n) is 5.43. The van der Waals surface area contributed by atoms with Crippen molar-refractivity contribution in [1.82, 2.24) is 0 Å². The fraction of sp³-hybridized carbons (Fsp3) is 0.895. The summed E-state index contributed by atoms with van der Waals surface area (Å²) >= 11 is 0. The zero-order valence-electron chi connectivity index (χ0n) is 16.5. The molecule has 0 aromatic rings. The number of carbonyl (C=O) groups is 2. The fourth-order valence-electron chi connectivity index (χ4n) is 3.10. The number of carbonyl (C=O) groups excluding carboxylic acids is 2. The average molecular weight is 326 g/mol. The minimum atomic E-state index is -0.939. The highest BCUT2D eigenvalue weighted by atomic mass is 16.6. The van der Waals surface area contributed by atoms with Gasteiger partial charge in [-0.2, -0.15) is 0 Å². The zero-order chi connectivity index (χ0) is 18.5. The Hall–Kier alpha value is -1.06. The molecule has 1 rings (SSSR count). The summed E-state index contributed by atoms with van der Waals surface area (Å²) in [7, 11) is 0. The van der Waals surface area contributed by atoms with Crippen molar-refractivity contribution in [3.8, 4) is 0 Å².